The Bertz CT molecular complexity index is 869. The molecule has 148 valence electrons. The molecule has 0 spiro atoms. The van der Waals surface area contributed by atoms with E-state index in [1.165, 1.54) is 7.11 Å². The van der Waals surface area contributed by atoms with Crippen LogP contribution in [0.4, 0.5) is 11.4 Å². The van der Waals surface area contributed by atoms with Gasteiger partial charge >= 0.3 is 5.97 Å². The van der Waals surface area contributed by atoms with E-state index in [1.54, 1.807) is 30.3 Å². The van der Waals surface area contributed by atoms with Gasteiger partial charge in [0.25, 0.3) is 5.91 Å². The lowest BCUT2D eigenvalue weighted by atomic mass is 10.2. The standard InChI is InChI=1S/C20H21ClN2O5/c1-13-4-3-5-15(10-13)22-19(25)12-28-20(26)9-8-18(24)23-16-11-14(21)6-7-17(16)27-2/h3-7,10-11H,8-9,12H2,1-2H3,(H,22,25)(H,23,24). The molecule has 0 saturated heterocycles. The SMILES string of the molecule is COc1ccc(Cl)cc1NC(=O)CCC(=O)OCC(=O)Nc1cccc(C)c1. The average molecular weight is 405 g/mol. The first-order chi connectivity index (χ1) is 13.4. The molecule has 2 aromatic carbocycles. The zero-order valence-corrected chi connectivity index (χ0v) is 16.3. The van der Waals surface area contributed by atoms with Crippen molar-refractivity contribution in [3.8, 4) is 5.75 Å². The number of aryl methyl sites for hydroxylation is 1. The number of nitrogens with one attached hydrogen (secondary N) is 2. The number of hydrogen-bond acceptors (Lipinski definition) is 5. The van der Waals surface area contributed by atoms with Crippen molar-refractivity contribution < 1.29 is 23.9 Å². The highest BCUT2D eigenvalue weighted by atomic mass is 35.5. The first-order valence-corrected chi connectivity index (χ1v) is 8.90. The molecule has 0 bridgehead atoms. The Kier molecular flexibility index (Phi) is 7.83. The number of esters is 1. The highest BCUT2D eigenvalue weighted by molar-refractivity contribution is 6.31. The predicted octanol–water partition coefficient (Wildman–Crippen LogP) is 3.56. The molecule has 2 amide bonds. The Morgan fingerprint density at radius 2 is 1.79 bits per heavy atom. The van der Waals surface area contributed by atoms with Crippen LogP contribution >= 0.6 is 11.6 Å². The fraction of sp³-hybridized carbons (Fsp3) is 0.250. The smallest absolute Gasteiger partial charge is 0.306 e. The number of amides is 2. The van der Waals surface area contributed by atoms with Crippen LogP contribution in [0.1, 0.15) is 18.4 Å². The molecule has 2 rings (SSSR count). The maximum absolute atomic E-state index is 12.0. The second kappa shape index (κ2) is 10.3. The second-order valence-corrected chi connectivity index (χ2v) is 6.41. The molecule has 0 radical (unpaired) electrons. The summed E-state index contributed by atoms with van der Waals surface area (Å²) in [7, 11) is 1.47. The van der Waals surface area contributed by atoms with Crippen molar-refractivity contribution in [2.45, 2.75) is 19.8 Å². The van der Waals surface area contributed by atoms with Gasteiger partial charge in [0.05, 0.1) is 19.2 Å². The molecule has 0 aliphatic carbocycles. The Hall–Kier alpha value is -3.06. The fourth-order valence-electron chi connectivity index (χ4n) is 2.34. The Labute approximate surface area is 168 Å². The van der Waals surface area contributed by atoms with E-state index in [9.17, 15) is 14.4 Å². The zero-order chi connectivity index (χ0) is 20.5. The number of benzene rings is 2. The van der Waals surface area contributed by atoms with Gasteiger partial charge in [0.2, 0.25) is 5.91 Å². The summed E-state index contributed by atoms with van der Waals surface area (Å²) < 4.78 is 10.0. The van der Waals surface area contributed by atoms with Crippen molar-refractivity contribution >= 4 is 40.8 Å². The summed E-state index contributed by atoms with van der Waals surface area (Å²) in [5.41, 5.74) is 2.03. The summed E-state index contributed by atoms with van der Waals surface area (Å²) in [6.07, 6.45) is -0.263. The maximum atomic E-state index is 12.0. The molecule has 0 fully saturated rings. The molecule has 0 aromatic heterocycles. The molecule has 0 unspecified atom stereocenters. The van der Waals surface area contributed by atoms with Crippen LogP contribution in [0.15, 0.2) is 42.5 Å². The van der Waals surface area contributed by atoms with Gasteiger partial charge in [0.15, 0.2) is 6.61 Å². The molecule has 2 N–H and O–H groups in total. The molecule has 2 aromatic rings. The molecule has 28 heavy (non-hydrogen) atoms. The molecule has 0 aliphatic rings. The highest BCUT2D eigenvalue weighted by Gasteiger charge is 2.13. The van der Waals surface area contributed by atoms with E-state index in [2.05, 4.69) is 10.6 Å². The number of ether oxygens (including phenoxy) is 2. The molecule has 0 aliphatic heterocycles. The van der Waals surface area contributed by atoms with Gasteiger partial charge in [-0.25, -0.2) is 0 Å². The van der Waals surface area contributed by atoms with Crippen molar-refractivity contribution in [1.29, 1.82) is 0 Å². The summed E-state index contributed by atoms with van der Waals surface area (Å²) in [4.78, 5) is 35.6. The minimum absolute atomic E-state index is 0.103. The minimum Gasteiger partial charge on any atom is -0.495 e. The molecule has 0 heterocycles. The number of methoxy groups -OCH3 is 1. The summed E-state index contributed by atoms with van der Waals surface area (Å²) in [6, 6.07) is 12.1. The first kappa shape index (κ1) is 21.2. The van der Waals surface area contributed by atoms with Gasteiger partial charge in [-0.15, -0.1) is 0 Å². The topological polar surface area (TPSA) is 93.7 Å². The number of carbonyl (C=O) groups is 3. The third-order valence-electron chi connectivity index (χ3n) is 3.66. The molecular weight excluding hydrogens is 384 g/mol. The van der Waals surface area contributed by atoms with Crippen molar-refractivity contribution in [1.82, 2.24) is 0 Å². The van der Waals surface area contributed by atoms with Crippen molar-refractivity contribution in [2.24, 2.45) is 0 Å². The van der Waals surface area contributed by atoms with Crippen LogP contribution in [0.3, 0.4) is 0 Å². The largest absolute Gasteiger partial charge is 0.495 e. The van der Waals surface area contributed by atoms with Crippen LogP contribution in [0.25, 0.3) is 0 Å². The lowest BCUT2D eigenvalue weighted by Crippen LogP contribution is -2.21. The first-order valence-electron chi connectivity index (χ1n) is 8.53. The molecular formula is C20H21ClN2O5. The molecule has 7 nitrogen and oxygen atoms in total. The van der Waals surface area contributed by atoms with Crippen molar-refractivity contribution in [3.05, 3.63) is 53.1 Å². The molecule has 0 atom stereocenters. The van der Waals surface area contributed by atoms with E-state index >= 15 is 0 Å². The number of rotatable bonds is 8. The quantitative estimate of drug-likeness (QED) is 0.656. The minimum atomic E-state index is -0.646. The van der Waals surface area contributed by atoms with Gasteiger partial charge in [-0.1, -0.05) is 23.7 Å². The van der Waals surface area contributed by atoms with Gasteiger partial charge < -0.3 is 20.1 Å². The van der Waals surface area contributed by atoms with Crippen molar-refractivity contribution in [3.63, 3.8) is 0 Å². The van der Waals surface area contributed by atoms with E-state index in [4.69, 9.17) is 21.1 Å². The van der Waals surface area contributed by atoms with Gasteiger partial charge in [-0.2, -0.15) is 0 Å². The number of halogens is 1. The van der Waals surface area contributed by atoms with E-state index in [-0.39, 0.29) is 12.8 Å². The van der Waals surface area contributed by atoms with Gasteiger partial charge in [-0.3, -0.25) is 14.4 Å². The zero-order valence-electron chi connectivity index (χ0n) is 15.6. The average Bonchev–Trinajstić information content (AvgIpc) is 2.65. The third-order valence-corrected chi connectivity index (χ3v) is 3.89. The van der Waals surface area contributed by atoms with Gasteiger partial charge in [0, 0.05) is 17.1 Å². The van der Waals surface area contributed by atoms with Gasteiger partial charge in [-0.05, 0) is 42.8 Å². The highest BCUT2D eigenvalue weighted by Crippen LogP contribution is 2.27. The number of hydrogen-bond donors (Lipinski definition) is 2. The summed E-state index contributed by atoms with van der Waals surface area (Å²) in [6.45, 7) is 1.48. The summed E-state index contributed by atoms with van der Waals surface area (Å²) in [5.74, 6) is -1.05. The maximum Gasteiger partial charge on any atom is 0.306 e. The van der Waals surface area contributed by atoms with Crippen molar-refractivity contribution in [2.75, 3.05) is 24.4 Å². The van der Waals surface area contributed by atoms with Crippen LogP contribution in [0.5, 0.6) is 5.75 Å². The fourth-order valence-corrected chi connectivity index (χ4v) is 2.52. The summed E-state index contributed by atoms with van der Waals surface area (Å²) in [5, 5.41) is 5.70. The van der Waals surface area contributed by atoms with Crippen LogP contribution < -0.4 is 15.4 Å². The van der Waals surface area contributed by atoms with E-state index in [0.29, 0.717) is 22.1 Å². The Morgan fingerprint density at radius 3 is 2.50 bits per heavy atom. The molecule has 8 heteroatoms. The lowest BCUT2D eigenvalue weighted by Gasteiger charge is -2.10. The van der Waals surface area contributed by atoms with E-state index in [0.717, 1.165) is 5.56 Å². The van der Waals surface area contributed by atoms with Crippen LogP contribution in [-0.2, 0) is 19.1 Å². The normalized spacial score (nSPS) is 10.1. The van der Waals surface area contributed by atoms with Crippen LogP contribution in [0.2, 0.25) is 5.02 Å². The Morgan fingerprint density at radius 1 is 1.00 bits per heavy atom. The second-order valence-electron chi connectivity index (χ2n) is 5.97. The van der Waals surface area contributed by atoms with E-state index < -0.39 is 24.4 Å². The monoisotopic (exact) mass is 404 g/mol. The van der Waals surface area contributed by atoms with E-state index in [1.807, 2.05) is 19.1 Å². The lowest BCUT2D eigenvalue weighted by molar-refractivity contribution is -0.147. The van der Waals surface area contributed by atoms with Crippen LogP contribution in [0, 0.1) is 6.92 Å². The number of anilines is 2. The number of carbonyl (C=O) groups excluding carboxylic acids is 3. The third kappa shape index (κ3) is 6.92. The summed E-state index contributed by atoms with van der Waals surface area (Å²) >= 11 is 5.90. The predicted molar refractivity (Wildman–Crippen MR) is 107 cm³/mol. The van der Waals surface area contributed by atoms with Gasteiger partial charge in [0.1, 0.15) is 5.75 Å². The molecule has 0 saturated carbocycles. The Balaban J connectivity index is 1.74. The van der Waals surface area contributed by atoms with Crippen LogP contribution in [-0.4, -0.2) is 31.5 Å².